The van der Waals surface area contributed by atoms with E-state index in [1.807, 2.05) is 32.0 Å². The number of aliphatic hydroxyl groups is 1. The summed E-state index contributed by atoms with van der Waals surface area (Å²) in [5.74, 6) is 0. The van der Waals surface area contributed by atoms with Crippen LogP contribution in [0.5, 0.6) is 0 Å². The molecule has 0 aromatic heterocycles. The molecular formula is C15H14Cl2O. The monoisotopic (exact) mass is 280 g/mol. The second-order valence-electron chi connectivity index (χ2n) is 4.42. The number of hydrogen-bond acceptors (Lipinski definition) is 1. The van der Waals surface area contributed by atoms with Gasteiger partial charge < -0.3 is 5.11 Å². The Kier molecular flexibility index (Phi) is 3.96. The Morgan fingerprint density at radius 1 is 0.833 bits per heavy atom. The van der Waals surface area contributed by atoms with E-state index in [2.05, 4.69) is 0 Å². The second kappa shape index (κ2) is 5.31. The molecule has 2 aromatic rings. The largest absolute Gasteiger partial charge is 0.384 e. The summed E-state index contributed by atoms with van der Waals surface area (Å²) >= 11 is 11.8. The highest BCUT2D eigenvalue weighted by molar-refractivity contribution is 6.42. The third-order valence-corrected chi connectivity index (χ3v) is 3.85. The molecule has 3 heteroatoms. The number of hydrogen-bond donors (Lipinski definition) is 1. The predicted octanol–water partition coefficient (Wildman–Crippen LogP) is 4.69. The molecule has 1 unspecified atom stereocenters. The van der Waals surface area contributed by atoms with Crippen molar-refractivity contribution in [2.45, 2.75) is 20.0 Å². The van der Waals surface area contributed by atoms with Gasteiger partial charge in [-0.3, -0.25) is 0 Å². The molecule has 94 valence electrons. The summed E-state index contributed by atoms with van der Waals surface area (Å²) in [7, 11) is 0. The van der Waals surface area contributed by atoms with Crippen molar-refractivity contribution in [2.75, 3.05) is 0 Å². The average molecular weight is 281 g/mol. The first-order valence-corrected chi connectivity index (χ1v) is 6.45. The number of benzene rings is 2. The first-order valence-electron chi connectivity index (χ1n) is 5.69. The maximum absolute atomic E-state index is 10.3. The number of aryl methyl sites for hydroxylation is 2. The van der Waals surface area contributed by atoms with Gasteiger partial charge in [-0.05, 0) is 48.2 Å². The van der Waals surface area contributed by atoms with Crippen molar-refractivity contribution in [2.24, 2.45) is 0 Å². The van der Waals surface area contributed by atoms with Crippen molar-refractivity contribution in [3.8, 4) is 0 Å². The van der Waals surface area contributed by atoms with E-state index in [0.717, 1.165) is 16.7 Å². The average Bonchev–Trinajstić information content (AvgIpc) is 2.35. The Labute approximate surface area is 117 Å². The Bertz CT molecular complexity index is 527. The van der Waals surface area contributed by atoms with Gasteiger partial charge in [-0.15, -0.1) is 0 Å². The summed E-state index contributed by atoms with van der Waals surface area (Å²) < 4.78 is 0. The van der Waals surface area contributed by atoms with Gasteiger partial charge in [0.2, 0.25) is 0 Å². The molecule has 0 aliphatic heterocycles. The van der Waals surface area contributed by atoms with E-state index in [1.54, 1.807) is 18.2 Å². The maximum Gasteiger partial charge on any atom is 0.104 e. The molecule has 0 heterocycles. The van der Waals surface area contributed by atoms with E-state index < -0.39 is 6.10 Å². The van der Waals surface area contributed by atoms with Crippen LogP contribution < -0.4 is 0 Å². The van der Waals surface area contributed by atoms with Crippen LogP contribution in [0.25, 0.3) is 0 Å². The first kappa shape index (κ1) is 13.4. The molecule has 0 saturated heterocycles. The third kappa shape index (κ3) is 2.69. The van der Waals surface area contributed by atoms with Crippen LogP contribution >= 0.6 is 23.2 Å². The summed E-state index contributed by atoms with van der Waals surface area (Å²) in [5.41, 5.74) is 3.97. The highest BCUT2D eigenvalue weighted by Gasteiger charge is 2.12. The van der Waals surface area contributed by atoms with Crippen molar-refractivity contribution >= 4 is 23.2 Å². The highest BCUT2D eigenvalue weighted by Crippen LogP contribution is 2.29. The van der Waals surface area contributed by atoms with Crippen LogP contribution in [0.1, 0.15) is 28.4 Å². The molecule has 1 N–H and O–H groups in total. The fraction of sp³-hybridized carbons (Fsp3) is 0.200. The topological polar surface area (TPSA) is 20.2 Å². The van der Waals surface area contributed by atoms with Gasteiger partial charge in [0.05, 0.1) is 10.0 Å². The summed E-state index contributed by atoms with van der Waals surface area (Å²) in [6, 6.07) is 11.1. The van der Waals surface area contributed by atoms with Crippen molar-refractivity contribution in [1.82, 2.24) is 0 Å². The van der Waals surface area contributed by atoms with Crippen LogP contribution in [0.3, 0.4) is 0 Å². The number of rotatable bonds is 2. The van der Waals surface area contributed by atoms with Gasteiger partial charge in [-0.25, -0.2) is 0 Å². The number of halogens is 2. The zero-order chi connectivity index (χ0) is 13.3. The van der Waals surface area contributed by atoms with E-state index in [9.17, 15) is 5.11 Å². The molecule has 0 spiro atoms. The molecule has 1 nitrogen and oxygen atoms in total. The smallest absolute Gasteiger partial charge is 0.104 e. The predicted molar refractivity (Wildman–Crippen MR) is 76.4 cm³/mol. The molecule has 0 radical (unpaired) electrons. The molecule has 0 amide bonds. The van der Waals surface area contributed by atoms with E-state index in [1.165, 1.54) is 5.56 Å². The molecule has 0 saturated carbocycles. The van der Waals surface area contributed by atoms with Crippen molar-refractivity contribution in [3.05, 3.63) is 68.7 Å². The minimum absolute atomic E-state index is 0.456. The van der Waals surface area contributed by atoms with Crippen molar-refractivity contribution < 1.29 is 5.11 Å². The summed E-state index contributed by atoms with van der Waals surface area (Å²) in [4.78, 5) is 0. The summed E-state index contributed by atoms with van der Waals surface area (Å²) in [6.45, 7) is 4.07. The van der Waals surface area contributed by atoms with Gasteiger partial charge in [0.25, 0.3) is 0 Å². The Hall–Kier alpha value is -1.02. The normalized spacial score (nSPS) is 12.5. The van der Waals surface area contributed by atoms with Crippen molar-refractivity contribution in [3.63, 3.8) is 0 Å². The van der Waals surface area contributed by atoms with Crippen molar-refractivity contribution in [1.29, 1.82) is 0 Å². The lowest BCUT2D eigenvalue weighted by Gasteiger charge is -2.14. The minimum atomic E-state index is -0.681. The molecular weight excluding hydrogens is 267 g/mol. The highest BCUT2D eigenvalue weighted by atomic mass is 35.5. The molecule has 0 fully saturated rings. The minimum Gasteiger partial charge on any atom is -0.384 e. The molecule has 1 atom stereocenters. The summed E-state index contributed by atoms with van der Waals surface area (Å²) in [6.07, 6.45) is -0.681. The van der Waals surface area contributed by atoms with Gasteiger partial charge >= 0.3 is 0 Å². The zero-order valence-corrected chi connectivity index (χ0v) is 11.8. The molecule has 2 rings (SSSR count). The van der Waals surface area contributed by atoms with Crippen LogP contribution in [0.15, 0.2) is 36.4 Å². The van der Waals surface area contributed by atoms with Crippen LogP contribution in [-0.2, 0) is 0 Å². The van der Waals surface area contributed by atoms with Crippen LogP contribution in [0, 0.1) is 13.8 Å². The lowest BCUT2D eigenvalue weighted by molar-refractivity contribution is 0.220. The Morgan fingerprint density at radius 3 is 2.06 bits per heavy atom. The van der Waals surface area contributed by atoms with Gasteiger partial charge in [-0.2, -0.15) is 0 Å². The Balaban J connectivity index is 2.37. The van der Waals surface area contributed by atoms with Crippen LogP contribution in [0.2, 0.25) is 10.0 Å². The van der Waals surface area contributed by atoms with Gasteiger partial charge in [-0.1, -0.05) is 47.5 Å². The summed E-state index contributed by atoms with van der Waals surface area (Å²) in [5, 5.41) is 11.3. The molecule has 0 aliphatic carbocycles. The molecule has 18 heavy (non-hydrogen) atoms. The van der Waals surface area contributed by atoms with Gasteiger partial charge in [0.1, 0.15) is 6.10 Å². The zero-order valence-electron chi connectivity index (χ0n) is 10.2. The lowest BCUT2D eigenvalue weighted by Crippen LogP contribution is -2.00. The standard InChI is InChI=1S/C15H14Cl2O/c1-9-3-4-11(7-10(9)2)15(18)12-5-6-13(16)14(17)8-12/h3-8,15,18H,1-2H3. The van der Waals surface area contributed by atoms with E-state index >= 15 is 0 Å². The maximum atomic E-state index is 10.3. The van der Waals surface area contributed by atoms with Gasteiger partial charge in [0.15, 0.2) is 0 Å². The number of aliphatic hydroxyl groups excluding tert-OH is 1. The molecule has 0 bridgehead atoms. The van der Waals surface area contributed by atoms with Crippen LogP contribution in [-0.4, -0.2) is 5.11 Å². The fourth-order valence-corrected chi connectivity index (χ4v) is 2.12. The van der Waals surface area contributed by atoms with Crippen LogP contribution in [0.4, 0.5) is 0 Å². The molecule has 0 aliphatic rings. The quantitative estimate of drug-likeness (QED) is 0.846. The Morgan fingerprint density at radius 2 is 1.44 bits per heavy atom. The van der Waals surface area contributed by atoms with E-state index in [-0.39, 0.29) is 0 Å². The van der Waals surface area contributed by atoms with E-state index in [4.69, 9.17) is 23.2 Å². The lowest BCUT2D eigenvalue weighted by atomic mass is 9.98. The fourth-order valence-electron chi connectivity index (χ4n) is 1.81. The SMILES string of the molecule is Cc1ccc(C(O)c2ccc(Cl)c(Cl)c2)cc1C. The van der Waals surface area contributed by atoms with E-state index in [0.29, 0.717) is 10.0 Å². The second-order valence-corrected chi connectivity index (χ2v) is 5.23. The molecule has 2 aromatic carbocycles. The third-order valence-electron chi connectivity index (χ3n) is 3.11. The van der Waals surface area contributed by atoms with Gasteiger partial charge in [0, 0.05) is 0 Å². The first-order chi connectivity index (χ1) is 8.49.